The summed E-state index contributed by atoms with van der Waals surface area (Å²) in [6.07, 6.45) is 0. The molecule has 0 saturated carbocycles. The molecule has 4 nitrogen and oxygen atoms in total. The Morgan fingerprint density at radius 3 is 2.50 bits per heavy atom. The highest BCUT2D eigenvalue weighted by molar-refractivity contribution is 6.01. The minimum absolute atomic E-state index is 0.103. The Balaban J connectivity index is 2.31. The SMILES string of the molecule is COc1ccc(N2C(=O)C(C)(C)NCC2C)cc1. The maximum absolute atomic E-state index is 12.4. The zero-order valence-electron chi connectivity index (χ0n) is 11.4. The molecule has 1 unspecified atom stereocenters. The van der Waals surface area contributed by atoms with Crippen LogP contribution in [0.3, 0.4) is 0 Å². The molecule has 0 radical (unpaired) electrons. The number of carbonyl (C=O) groups excluding carboxylic acids is 1. The fraction of sp³-hybridized carbons (Fsp3) is 0.500. The van der Waals surface area contributed by atoms with Crippen molar-refractivity contribution in [1.82, 2.24) is 5.32 Å². The van der Waals surface area contributed by atoms with Crippen LogP contribution in [0.15, 0.2) is 24.3 Å². The summed E-state index contributed by atoms with van der Waals surface area (Å²) in [7, 11) is 1.64. The second-order valence-electron chi connectivity index (χ2n) is 5.23. The van der Waals surface area contributed by atoms with Gasteiger partial charge < -0.3 is 15.0 Å². The number of hydrogen-bond donors (Lipinski definition) is 1. The van der Waals surface area contributed by atoms with Crippen LogP contribution >= 0.6 is 0 Å². The zero-order chi connectivity index (χ0) is 13.3. The van der Waals surface area contributed by atoms with Crippen LogP contribution in [0.4, 0.5) is 5.69 Å². The van der Waals surface area contributed by atoms with E-state index in [1.54, 1.807) is 7.11 Å². The third-order valence-corrected chi connectivity index (χ3v) is 3.38. The highest BCUT2D eigenvalue weighted by Gasteiger charge is 2.39. The van der Waals surface area contributed by atoms with Crippen LogP contribution in [0.1, 0.15) is 20.8 Å². The lowest BCUT2D eigenvalue weighted by molar-refractivity contribution is -0.125. The molecule has 1 aliphatic heterocycles. The van der Waals surface area contributed by atoms with E-state index in [0.717, 1.165) is 18.0 Å². The molecule has 1 fully saturated rings. The monoisotopic (exact) mass is 248 g/mol. The van der Waals surface area contributed by atoms with Crippen molar-refractivity contribution in [3.8, 4) is 5.75 Å². The van der Waals surface area contributed by atoms with E-state index in [9.17, 15) is 4.79 Å². The summed E-state index contributed by atoms with van der Waals surface area (Å²) in [5.41, 5.74) is 0.412. The molecule has 18 heavy (non-hydrogen) atoms. The van der Waals surface area contributed by atoms with Gasteiger partial charge in [-0.3, -0.25) is 4.79 Å². The molecule has 2 rings (SSSR count). The molecule has 0 aliphatic carbocycles. The number of carbonyl (C=O) groups is 1. The number of anilines is 1. The standard InChI is InChI=1S/C14H20N2O2/c1-10-9-15-14(2,3)13(17)16(10)11-5-7-12(18-4)8-6-11/h5-8,10,15H,9H2,1-4H3. The Kier molecular flexibility index (Phi) is 3.30. The Labute approximate surface area is 108 Å². The Morgan fingerprint density at radius 2 is 1.94 bits per heavy atom. The number of piperazine rings is 1. The van der Waals surface area contributed by atoms with Crippen LogP contribution in [0.5, 0.6) is 5.75 Å². The van der Waals surface area contributed by atoms with E-state index in [2.05, 4.69) is 5.32 Å². The topological polar surface area (TPSA) is 41.6 Å². The van der Waals surface area contributed by atoms with Gasteiger partial charge in [0.15, 0.2) is 0 Å². The molecule has 1 amide bonds. The van der Waals surface area contributed by atoms with E-state index in [1.165, 1.54) is 0 Å². The van der Waals surface area contributed by atoms with Crippen molar-refractivity contribution < 1.29 is 9.53 Å². The van der Waals surface area contributed by atoms with Crippen LogP contribution in [-0.2, 0) is 4.79 Å². The Morgan fingerprint density at radius 1 is 1.33 bits per heavy atom. The lowest BCUT2D eigenvalue weighted by atomic mass is 9.97. The number of nitrogens with one attached hydrogen (secondary N) is 1. The molecule has 4 heteroatoms. The van der Waals surface area contributed by atoms with Gasteiger partial charge in [-0.1, -0.05) is 0 Å². The highest BCUT2D eigenvalue weighted by Crippen LogP contribution is 2.26. The smallest absolute Gasteiger partial charge is 0.247 e. The molecular formula is C14H20N2O2. The number of benzene rings is 1. The summed E-state index contributed by atoms with van der Waals surface area (Å²) in [5.74, 6) is 0.902. The predicted octanol–water partition coefficient (Wildman–Crippen LogP) is 1.80. The molecule has 1 aliphatic rings. The first-order chi connectivity index (χ1) is 8.45. The number of methoxy groups -OCH3 is 1. The van der Waals surface area contributed by atoms with Crippen LogP contribution in [0.25, 0.3) is 0 Å². The second-order valence-corrected chi connectivity index (χ2v) is 5.23. The van der Waals surface area contributed by atoms with Gasteiger partial charge in [0.1, 0.15) is 5.75 Å². The molecule has 1 aromatic carbocycles. The molecule has 1 N–H and O–H groups in total. The number of nitrogens with zero attached hydrogens (tertiary/aromatic N) is 1. The summed E-state index contributed by atoms with van der Waals surface area (Å²) in [4.78, 5) is 14.3. The van der Waals surface area contributed by atoms with E-state index in [4.69, 9.17) is 4.74 Å². The van der Waals surface area contributed by atoms with Crippen molar-refractivity contribution in [3.05, 3.63) is 24.3 Å². The molecule has 0 bridgehead atoms. The maximum Gasteiger partial charge on any atom is 0.247 e. The van der Waals surface area contributed by atoms with E-state index < -0.39 is 5.54 Å². The highest BCUT2D eigenvalue weighted by atomic mass is 16.5. The van der Waals surface area contributed by atoms with Crippen molar-refractivity contribution in [2.24, 2.45) is 0 Å². The van der Waals surface area contributed by atoms with Crippen LogP contribution in [0.2, 0.25) is 0 Å². The first-order valence-electron chi connectivity index (χ1n) is 6.18. The summed E-state index contributed by atoms with van der Waals surface area (Å²) in [6.45, 7) is 6.67. The first-order valence-corrected chi connectivity index (χ1v) is 6.18. The van der Waals surface area contributed by atoms with E-state index >= 15 is 0 Å². The number of ether oxygens (including phenoxy) is 1. The Bertz CT molecular complexity index is 440. The van der Waals surface area contributed by atoms with Gasteiger partial charge in [-0.15, -0.1) is 0 Å². The van der Waals surface area contributed by atoms with Crippen molar-refractivity contribution in [2.75, 3.05) is 18.6 Å². The normalized spacial score (nSPS) is 23.0. The second kappa shape index (κ2) is 4.61. The molecule has 1 aromatic rings. The summed E-state index contributed by atoms with van der Waals surface area (Å²) >= 11 is 0. The van der Waals surface area contributed by atoms with Gasteiger partial charge >= 0.3 is 0 Å². The van der Waals surface area contributed by atoms with E-state index in [-0.39, 0.29) is 11.9 Å². The van der Waals surface area contributed by atoms with Gasteiger partial charge in [-0.05, 0) is 45.0 Å². The number of hydrogen-bond acceptors (Lipinski definition) is 3. The van der Waals surface area contributed by atoms with Gasteiger partial charge in [0, 0.05) is 18.3 Å². The summed E-state index contributed by atoms with van der Waals surface area (Å²) < 4.78 is 5.14. The van der Waals surface area contributed by atoms with Crippen molar-refractivity contribution in [3.63, 3.8) is 0 Å². The molecule has 98 valence electrons. The molecule has 1 saturated heterocycles. The number of amides is 1. The van der Waals surface area contributed by atoms with Crippen molar-refractivity contribution >= 4 is 11.6 Å². The molecule has 0 spiro atoms. The average molecular weight is 248 g/mol. The van der Waals surface area contributed by atoms with Crippen molar-refractivity contribution in [1.29, 1.82) is 0 Å². The van der Waals surface area contributed by atoms with Gasteiger partial charge in [-0.2, -0.15) is 0 Å². The first kappa shape index (κ1) is 12.9. The van der Waals surface area contributed by atoms with E-state index in [0.29, 0.717) is 0 Å². The van der Waals surface area contributed by atoms with Gasteiger partial charge in [0.05, 0.1) is 12.6 Å². The molecule has 0 aromatic heterocycles. The van der Waals surface area contributed by atoms with Crippen LogP contribution < -0.4 is 15.0 Å². The van der Waals surface area contributed by atoms with E-state index in [1.807, 2.05) is 49.9 Å². The lowest BCUT2D eigenvalue weighted by Gasteiger charge is -2.42. The zero-order valence-corrected chi connectivity index (χ0v) is 11.4. The third-order valence-electron chi connectivity index (χ3n) is 3.38. The quantitative estimate of drug-likeness (QED) is 0.867. The van der Waals surface area contributed by atoms with Crippen LogP contribution in [-0.4, -0.2) is 31.1 Å². The van der Waals surface area contributed by atoms with Gasteiger partial charge in [-0.25, -0.2) is 0 Å². The molecule has 1 heterocycles. The molecule has 1 atom stereocenters. The molecular weight excluding hydrogens is 228 g/mol. The van der Waals surface area contributed by atoms with Crippen molar-refractivity contribution in [2.45, 2.75) is 32.4 Å². The van der Waals surface area contributed by atoms with Crippen LogP contribution in [0, 0.1) is 0 Å². The van der Waals surface area contributed by atoms with Gasteiger partial charge in [0.2, 0.25) is 5.91 Å². The summed E-state index contributed by atoms with van der Waals surface area (Å²) in [6, 6.07) is 7.76. The lowest BCUT2D eigenvalue weighted by Crippen LogP contribution is -2.64. The minimum atomic E-state index is -0.508. The minimum Gasteiger partial charge on any atom is -0.497 e. The fourth-order valence-corrected chi connectivity index (χ4v) is 2.19. The fourth-order valence-electron chi connectivity index (χ4n) is 2.19. The Hall–Kier alpha value is -1.55. The predicted molar refractivity (Wildman–Crippen MR) is 72.0 cm³/mol. The largest absolute Gasteiger partial charge is 0.497 e. The number of rotatable bonds is 2. The summed E-state index contributed by atoms with van der Waals surface area (Å²) in [5, 5.41) is 3.26. The van der Waals surface area contributed by atoms with Gasteiger partial charge in [0.25, 0.3) is 0 Å². The third kappa shape index (κ3) is 2.20. The average Bonchev–Trinajstić information content (AvgIpc) is 2.36. The maximum atomic E-state index is 12.4.